The Balaban J connectivity index is 1.47. The minimum atomic E-state index is -4.62. The minimum absolute atomic E-state index is 0.0100. The molecule has 0 saturated heterocycles. The number of ether oxygens (including phenoxy) is 1. The predicted octanol–water partition coefficient (Wildman–Crippen LogP) is 8.75. The first-order valence-electron chi connectivity index (χ1n) is 12.9. The zero-order valence-corrected chi connectivity index (χ0v) is 24.9. The molecule has 14 heteroatoms. The van der Waals surface area contributed by atoms with E-state index < -0.39 is 29.1 Å². The number of nitro benzene ring substituents is 1. The lowest BCUT2D eigenvalue weighted by atomic mass is 10.0. The number of carbonyl (C=O) groups excluding carboxylic acids is 1. The van der Waals surface area contributed by atoms with E-state index in [0.717, 1.165) is 21.9 Å². The summed E-state index contributed by atoms with van der Waals surface area (Å²) in [5, 5.41) is 23.1. The van der Waals surface area contributed by atoms with Gasteiger partial charge < -0.3 is 15.4 Å². The number of carbonyl (C=O) groups is 1. The number of fused-ring (bicyclic) bond motifs is 1. The van der Waals surface area contributed by atoms with E-state index in [9.17, 15) is 28.1 Å². The van der Waals surface area contributed by atoms with Crippen molar-refractivity contribution in [3.8, 4) is 11.5 Å². The molecule has 2 atom stereocenters. The van der Waals surface area contributed by atoms with Gasteiger partial charge >= 0.3 is 6.18 Å². The molecule has 0 fully saturated rings. The maximum Gasteiger partial charge on any atom is 0.410 e. The number of thiophene rings is 1. The number of anilines is 2. The molecule has 0 aliphatic carbocycles. The maximum absolute atomic E-state index is 14.1. The predicted molar refractivity (Wildman–Crippen MR) is 157 cm³/mol. The highest BCUT2D eigenvalue weighted by atomic mass is 79.9. The van der Waals surface area contributed by atoms with Crippen molar-refractivity contribution < 1.29 is 27.6 Å². The van der Waals surface area contributed by atoms with Crippen LogP contribution in [0.3, 0.4) is 0 Å². The molecule has 1 aliphatic rings. The third kappa shape index (κ3) is 6.00. The van der Waals surface area contributed by atoms with E-state index in [1.807, 2.05) is 39.0 Å². The monoisotopic (exact) mass is 663 g/mol. The minimum Gasteiger partial charge on any atom is -0.457 e. The Bertz CT molecular complexity index is 1660. The Morgan fingerprint density at radius 1 is 1.26 bits per heavy atom. The maximum atomic E-state index is 14.1. The van der Waals surface area contributed by atoms with Crippen molar-refractivity contribution in [1.82, 2.24) is 9.78 Å². The van der Waals surface area contributed by atoms with E-state index in [0.29, 0.717) is 10.6 Å². The molecule has 1 aliphatic heterocycles. The molecule has 2 aromatic carbocycles. The van der Waals surface area contributed by atoms with Gasteiger partial charge in [-0.25, -0.2) is 4.68 Å². The average molecular weight is 665 g/mol. The fourth-order valence-corrected chi connectivity index (χ4v) is 6.10. The summed E-state index contributed by atoms with van der Waals surface area (Å²) in [6.45, 7) is 5.86. The number of non-ortho nitro benzene ring substituents is 1. The van der Waals surface area contributed by atoms with Crippen LogP contribution in [0.15, 0.2) is 58.4 Å². The molecule has 9 nitrogen and oxygen atoms in total. The third-order valence-corrected chi connectivity index (χ3v) is 8.51. The lowest BCUT2D eigenvalue weighted by Gasteiger charge is -2.33. The van der Waals surface area contributed by atoms with E-state index in [4.69, 9.17) is 4.74 Å². The quantitative estimate of drug-likeness (QED) is 0.151. The standard InChI is InChI=1S/C28H25BrF3N5O4S/c1-14(2)19-7-6-15(3)9-21(19)41-18-11-16(10-17(12-18)37(39)40)33-27(38)25-24(29)26-34-20(22-5-4-8-42-22)13-23(28(30,31)32)36(26)35-25/h4-12,14,20,23,34H,13H2,1-3H3,(H,33,38)/t20-,23-/m1/s1. The van der Waals surface area contributed by atoms with Crippen molar-refractivity contribution in [2.75, 3.05) is 10.6 Å². The number of nitrogens with one attached hydrogen (secondary N) is 2. The Kier molecular flexibility index (Phi) is 8.03. The highest BCUT2D eigenvalue weighted by Gasteiger charge is 2.48. The van der Waals surface area contributed by atoms with Crippen molar-refractivity contribution >= 4 is 50.4 Å². The molecular formula is C28H25BrF3N5O4S. The Labute approximate surface area is 251 Å². The Morgan fingerprint density at radius 2 is 2.02 bits per heavy atom. The summed E-state index contributed by atoms with van der Waals surface area (Å²) in [5.74, 6) is -0.124. The molecule has 1 amide bonds. The molecule has 0 bridgehead atoms. The van der Waals surface area contributed by atoms with Crippen LogP contribution in [0.1, 0.15) is 64.8 Å². The summed E-state index contributed by atoms with van der Waals surface area (Å²) >= 11 is 4.58. The van der Waals surface area contributed by atoms with Gasteiger partial charge in [0.2, 0.25) is 0 Å². The molecule has 0 spiro atoms. The lowest BCUT2D eigenvalue weighted by molar-refractivity contribution is -0.384. The van der Waals surface area contributed by atoms with E-state index >= 15 is 0 Å². The highest BCUT2D eigenvalue weighted by Crippen LogP contribution is 2.47. The van der Waals surface area contributed by atoms with Gasteiger partial charge in [0.15, 0.2) is 11.7 Å². The van der Waals surface area contributed by atoms with Crippen LogP contribution in [0.2, 0.25) is 0 Å². The fraction of sp³-hybridized carbons (Fsp3) is 0.286. The molecular weight excluding hydrogens is 639 g/mol. The van der Waals surface area contributed by atoms with E-state index in [1.165, 1.54) is 23.5 Å². The summed E-state index contributed by atoms with van der Waals surface area (Å²) in [4.78, 5) is 25.1. The smallest absolute Gasteiger partial charge is 0.410 e. The third-order valence-electron chi connectivity index (χ3n) is 6.78. The van der Waals surface area contributed by atoms with E-state index in [2.05, 4.69) is 31.7 Å². The average Bonchev–Trinajstić information content (AvgIpc) is 3.56. The number of alkyl halides is 3. The van der Waals surface area contributed by atoms with Crippen molar-refractivity contribution in [2.24, 2.45) is 0 Å². The lowest BCUT2D eigenvalue weighted by Crippen LogP contribution is -2.35. The molecule has 2 N–H and O–H groups in total. The van der Waals surface area contributed by atoms with Crippen molar-refractivity contribution in [2.45, 2.75) is 51.4 Å². The normalized spacial score (nSPS) is 16.6. The zero-order valence-electron chi connectivity index (χ0n) is 22.5. The topological polar surface area (TPSA) is 111 Å². The number of nitrogens with zero attached hydrogens (tertiary/aromatic N) is 3. The highest BCUT2D eigenvalue weighted by molar-refractivity contribution is 9.10. The molecule has 3 heterocycles. The summed E-state index contributed by atoms with van der Waals surface area (Å²) in [7, 11) is 0. The van der Waals surface area contributed by atoms with Gasteiger partial charge in [-0.2, -0.15) is 18.3 Å². The molecule has 2 aromatic heterocycles. The Morgan fingerprint density at radius 3 is 2.67 bits per heavy atom. The number of benzene rings is 2. The number of rotatable bonds is 7. The molecule has 0 unspecified atom stereocenters. The largest absolute Gasteiger partial charge is 0.457 e. The van der Waals surface area contributed by atoms with Crippen molar-refractivity contribution in [3.63, 3.8) is 0 Å². The second-order valence-electron chi connectivity index (χ2n) is 10.2. The molecule has 220 valence electrons. The van der Waals surface area contributed by atoms with Crippen LogP contribution in [0.4, 0.5) is 30.4 Å². The fourth-order valence-electron chi connectivity index (χ4n) is 4.75. The number of halogens is 4. The van der Waals surface area contributed by atoms with Gasteiger partial charge in [0.1, 0.15) is 17.3 Å². The van der Waals surface area contributed by atoms with Gasteiger partial charge in [-0.05, 0) is 57.4 Å². The zero-order chi connectivity index (χ0) is 30.3. The van der Waals surface area contributed by atoms with E-state index in [-0.39, 0.29) is 45.4 Å². The van der Waals surface area contributed by atoms with Gasteiger partial charge in [-0.15, -0.1) is 11.3 Å². The molecule has 5 rings (SSSR count). The van der Waals surface area contributed by atoms with Crippen LogP contribution >= 0.6 is 27.3 Å². The van der Waals surface area contributed by atoms with Gasteiger partial charge in [-0.3, -0.25) is 14.9 Å². The number of nitro groups is 1. The number of aryl methyl sites for hydroxylation is 1. The summed E-state index contributed by atoms with van der Waals surface area (Å²) in [6, 6.07) is 10.3. The summed E-state index contributed by atoms with van der Waals surface area (Å²) in [5.41, 5.74) is 1.17. The second kappa shape index (κ2) is 11.4. The first-order chi connectivity index (χ1) is 19.8. The SMILES string of the molecule is Cc1ccc(C(C)C)c(Oc2cc(NC(=O)c3nn4c(c3Br)N[C@@H](c3cccs3)C[C@@H]4C(F)(F)F)cc([N+](=O)[O-])c2)c1. The molecule has 4 aromatic rings. The van der Waals surface area contributed by atoms with Crippen molar-refractivity contribution in [3.05, 3.63) is 90.2 Å². The van der Waals surface area contributed by atoms with Crippen LogP contribution < -0.4 is 15.4 Å². The Hall–Kier alpha value is -3.91. The van der Waals surface area contributed by atoms with Crippen LogP contribution in [-0.2, 0) is 0 Å². The molecule has 42 heavy (non-hydrogen) atoms. The summed E-state index contributed by atoms with van der Waals surface area (Å²) in [6.07, 6.45) is -4.93. The van der Waals surface area contributed by atoms with Gasteiger partial charge in [0.05, 0.1) is 27.2 Å². The number of amides is 1. The van der Waals surface area contributed by atoms with Crippen LogP contribution in [0, 0.1) is 17.0 Å². The number of hydrogen-bond donors (Lipinski definition) is 2. The van der Waals surface area contributed by atoms with E-state index in [1.54, 1.807) is 17.5 Å². The molecule has 0 radical (unpaired) electrons. The summed E-state index contributed by atoms with van der Waals surface area (Å²) < 4.78 is 49.1. The molecule has 0 saturated carbocycles. The van der Waals surface area contributed by atoms with Crippen LogP contribution in [0.5, 0.6) is 11.5 Å². The van der Waals surface area contributed by atoms with Crippen LogP contribution in [0.25, 0.3) is 0 Å². The first kappa shape index (κ1) is 29.6. The van der Waals surface area contributed by atoms with Gasteiger partial charge in [0.25, 0.3) is 11.6 Å². The van der Waals surface area contributed by atoms with Crippen LogP contribution in [-0.4, -0.2) is 26.8 Å². The number of aromatic nitrogens is 2. The second-order valence-corrected chi connectivity index (χ2v) is 12.0. The van der Waals surface area contributed by atoms with Gasteiger partial charge in [0, 0.05) is 23.4 Å². The first-order valence-corrected chi connectivity index (χ1v) is 14.5. The van der Waals surface area contributed by atoms with Crippen molar-refractivity contribution in [1.29, 1.82) is 0 Å². The van der Waals surface area contributed by atoms with Gasteiger partial charge in [-0.1, -0.05) is 32.0 Å². The number of hydrogen-bond acceptors (Lipinski definition) is 7.